The molecule has 154 valence electrons. The molecule has 5 rings (SSSR count). The van der Waals surface area contributed by atoms with Crippen LogP contribution in [0.1, 0.15) is 68.4 Å². The fraction of sp³-hybridized carbons (Fsp3) is 0.414. The van der Waals surface area contributed by atoms with Gasteiger partial charge in [-0.25, -0.2) is 0 Å². The Kier molecular flexibility index (Phi) is 5.71. The molecule has 1 heterocycles. The first-order valence-corrected chi connectivity index (χ1v) is 11.9. The lowest BCUT2D eigenvalue weighted by Crippen LogP contribution is -2.19. The van der Waals surface area contributed by atoms with Gasteiger partial charge in [-0.1, -0.05) is 80.3 Å². The molecule has 1 nitrogen and oxygen atoms in total. The summed E-state index contributed by atoms with van der Waals surface area (Å²) in [4.78, 5) is 4.74. The first kappa shape index (κ1) is 19.5. The molecule has 0 atom stereocenters. The number of aryl methyl sites for hydroxylation is 1. The van der Waals surface area contributed by atoms with Crippen LogP contribution in [-0.2, 0) is 0 Å². The highest BCUT2D eigenvalue weighted by Gasteiger charge is 2.29. The molecule has 1 aromatic heterocycles. The first-order valence-electron chi connectivity index (χ1n) is 11.9. The van der Waals surface area contributed by atoms with Gasteiger partial charge in [-0.2, -0.15) is 0 Å². The fourth-order valence-electron chi connectivity index (χ4n) is 5.88. The van der Waals surface area contributed by atoms with Crippen LogP contribution in [0.2, 0.25) is 0 Å². The lowest BCUT2D eigenvalue weighted by atomic mass is 9.73. The van der Waals surface area contributed by atoms with Gasteiger partial charge in [-0.15, -0.1) is 0 Å². The van der Waals surface area contributed by atoms with Gasteiger partial charge in [0.2, 0.25) is 0 Å². The van der Waals surface area contributed by atoms with Gasteiger partial charge in [0.1, 0.15) is 0 Å². The largest absolute Gasteiger partial charge is 0.256 e. The molecule has 0 aliphatic heterocycles. The summed E-state index contributed by atoms with van der Waals surface area (Å²) in [5.74, 6) is 2.82. The van der Waals surface area contributed by atoms with Gasteiger partial charge < -0.3 is 0 Å². The Hall–Kier alpha value is -2.41. The van der Waals surface area contributed by atoms with E-state index in [-0.39, 0.29) is 0 Å². The zero-order valence-electron chi connectivity index (χ0n) is 18.2. The summed E-state index contributed by atoms with van der Waals surface area (Å²) in [5, 5.41) is 0. The highest BCUT2D eigenvalue weighted by Crippen LogP contribution is 2.43. The van der Waals surface area contributed by atoms with Crippen LogP contribution in [0.15, 0.2) is 66.9 Å². The average molecular weight is 396 g/mol. The molecule has 0 unspecified atom stereocenters. The van der Waals surface area contributed by atoms with E-state index in [1.807, 2.05) is 6.20 Å². The Labute approximate surface area is 181 Å². The maximum atomic E-state index is 4.74. The zero-order valence-corrected chi connectivity index (χ0v) is 18.2. The summed E-state index contributed by atoms with van der Waals surface area (Å²) in [7, 11) is 0. The standard InChI is InChI=1S/C29H33N/c1-21-6-2-5-9-28(21)29-19-18-27(20-30-29)26-16-14-25(15-17-26)24-12-10-23(11-13-24)22-7-3-4-8-22/h2,5-6,9,14-20,22-24H,3-4,7-8,10-13H2,1H3. The molecule has 2 aromatic carbocycles. The highest BCUT2D eigenvalue weighted by molar-refractivity contribution is 5.68. The summed E-state index contributed by atoms with van der Waals surface area (Å²) in [6, 6.07) is 22.1. The number of benzene rings is 2. The van der Waals surface area contributed by atoms with E-state index in [4.69, 9.17) is 4.98 Å². The average Bonchev–Trinajstić information content (AvgIpc) is 3.35. The van der Waals surface area contributed by atoms with Crippen molar-refractivity contribution in [2.45, 2.75) is 64.2 Å². The Morgan fingerprint density at radius 2 is 1.33 bits per heavy atom. The number of hydrogen-bond acceptors (Lipinski definition) is 1. The van der Waals surface area contributed by atoms with Crippen LogP contribution >= 0.6 is 0 Å². The van der Waals surface area contributed by atoms with Crippen molar-refractivity contribution in [1.82, 2.24) is 4.98 Å². The summed E-state index contributed by atoms with van der Waals surface area (Å²) >= 11 is 0. The number of nitrogens with zero attached hydrogens (tertiary/aromatic N) is 1. The van der Waals surface area contributed by atoms with E-state index in [0.717, 1.165) is 23.4 Å². The van der Waals surface area contributed by atoms with Crippen LogP contribution in [0.25, 0.3) is 22.4 Å². The molecule has 0 radical (unpaired) electrons. The van der Waals surface area contributed by atoms with Crippen molar-refractivity contribution >= 4 is 0 Å². The monoisotopic (exact) mass is 395 g/mol. The second kappa shape index (κ2) is 8.76. The van der Waals surface area contributed by atoms with Crippen LogP contribution in [0.4, 0.5) is 0 Å². The van der Waals surface area contributed by atoms with Crippen molar-refractivity contribution in [3.8, 4) is 22.4 Å². The van der Waals surface area contributed by atoms with Gasteiger partial charge >= 0.3 is 0 Å². The van der Waals surface area contributed by atoms with E-state index in [2.05, 4.69) is 67.6 Å². The number of hydrogen-bond donors (Lipinski definition) is 0. The van der Waals surface area contributed by atoms with E-state index in [1.165, 1.54) is 79.2 Å². The zero-order chi connectivity index (χ0) is 20.3. The molecule has 2 fully saturated rings. The molecule has 0 spiro atoms. The summed E-state index contributed by atoms with van der Waals surface area (Å²) in [6.07, 6.45) is 13.6. The predicted octanol–water partition coefficient (Wildman–Crippen LogP) is 8.19. The second-order valence-corrected chi connectivity index (χ2v) is 9.53. The summed E-state index contributed by atoms with van der Waals surface area (Å²) < 4.78 is 0. The quantitative estimate of drug-likeness (QED) is 0.434. The summed E-state index contributed by atoms with van der Waals surface area (Å²) in [6.45, 7) is 2.14. The molecule has 2 aliphatic rings. The lowest BCUT2D eigenvalue weighted by molar-refractivity contribution is 0.235. The van der Waals surface area contributed by atoms with Crippen LogP contribution < -0.4 is 0 Å². The minimum absolute atomic E-state index is 0.762. The Bertz CT molecular complexity index is 956. The minimum atomic E-state index is 0.762. The van der Waals surface area contributed by atoms with Gasteiger partial charge in [0.15, 0.2) is 0 Å². The maximum Gasteiger partial charge on any atom is 0.0705 e. The molecule has 3 aromatic rings. The SMILES string of the molecule is Cc1ccccc1-c1ccc(-c2ccc(C3CCC(C4CCCC4)CC3)cc2)cn1. The smallest absolute Gasteiger partial charge is 0.0705 e. The first-order chi connectivity index (χ1) is 14.8. The molecular formula is C29H33N. The van der Waals surface area contributed by atoms with Gasteiger partial charge in [-0.3, -0.25) is 4.98 Å². The minimum Gasteiger partial charge on any atom is -0.256 e. The number of aromatic nitrogens is 1. The van der Waals surface area contributed by atoms with Crippen molar-refractivity contribution in [2.75, 3.05) is 0 Å². The molecule has 1 heteroatoms. The molecule has 30 heavy (non-hydrogen) atoms. The van der Waals surface area contributed by atoms with Crippen molar-refractivity contribution in [1.29, 1.82) is 0 Å². The van der Waals surface area contributed by atoms with E-state index in [9.17, 15) is 0 Å². The molecule has 0 bridgehead atoms. The van der Waals surface area contributed by atoms with Gasteiger partial charge in [-0.05, 0) is 73.1 Å². The van der Waals surface area contributed by atoms with Gasteiger partial charge in [0.05, 0.1) is 5.69 Å². The van der Waals surface area contributed by atoms with Crippen LogP contribution in [0.5, 0.6) is 0 Å². The molecular weight excluding hydrogens is 362 g/mol. The normalized spacial score (nSPS) is 22.3. The van der Waals surface area contributed by atoms with Crippen molar-refractivity contribution in [2.24, 2.45) is 11.8 Å². The molecule has 2 aliphatic carbocycles. The molecule has 0 amide bonds. The Morgan fingerprint density at radius 1 is 0.667 bits per heavy atom. The number of rotatable bonds is 4. The van der Waals surface area contributed by atoms with E-state index >= 15 is 0 Å². The topological polar surface area (TPSA) is 12.9 Å². The van der Waals surface area contributed by atoms with Crippen molar-refractivity contribution < 1.29 is 0 Å². The third kappa shape index (κ3) is 4.08. The Balaban J connectivity index is 1.25. The predicted molar refractivity (Wildman–Crippen MR) is 127 cm³/mol. The lowest BCUT2D eigenvalue weighted by Gasteiger charge is -2.32. The van der Waals surface area contributed by atoms with E-state index < -0.39 is 0 Å². The maximum absolute atomic E-state index is 4.74. The number of pyridine rings is 1. The van der Waals surface area contributed by atoms with Gasteiger partial charge in [0, 0.05) is 17.3 Å². The van der Waals surface area contributed by atoms with E-state index in [0.29, 0.717) is 0 Å². The third-order valence-corrected chi connectivity index (χ3v) is 7.74. The van der Waals surface area contributed by atoms with Crippen molar-refractivity contribution in [3.05, 3.63) is 78.0 Å². The third-order valence-electron chi connectivity index (χ3n) is 7.74. The molecule has 0 saturated heterocycles. The molecule has 0 N–H and O–H groups in total. The Morgan fingerprint density at radius 3 is 2.00 bits per heavy atom. The van der Waals surface area contributed by atoms with Crippen LogP contribution in [0, 0.1) is 18.8 Å². The fourth-order valence-corrected chi connectivity index (χ4v) is 5.88. The van der Waals surface area contributed by atoms with Crippen LogP contribution in [0.3, 0.4) is 0 Å². The highest BCUT2D eigenvalue weighted by atomic mass is 14.7. The summed E-state index contributed by atoms with van der Waals surface area (Å²) in [5.41, 5.74) is 7.53. The van der Waals surface area contributed by atoms with Gasteiger partial charge in [0.25, 0.3) is 0 Å². The molecule has 2 saturated carbocycles. The second-order valence-electron chi connectivity index (χ2n) is 9.53. The van der Waals surface area contributed by atoms with Crippen LogP contribution in [-0.4, -0.2) is 4.98 Å². The van der Waals surface area contributed by atoms with Crippen molar-refractivity contribution in [3.63, 3.8) is 0 Å². The van der Waals surface area contributed by atoms with E-state index in [1.54, 1.807) is 0 Å².